The fourth-order valence-corrected chi connectivity index (χ4v) is 3.48. The summed E-state index contributed by atoms with van der Waals surface area (Å²) in [5.74, 6) is -1.72. The second-order valence-electron chi connectivity index (χ2n) is 6.13. The Kier molecular flexibility index (Phi) is 6.22. The molecule has 3 rings (SSSR count). The van der Waals surface area contributed by atoms with Gasteiger partial charge in [0.15, 0.2) is 0 Å². The van der Waals surface area contributed by atoms with Crippen molar-refractivity contribution in [2.45, 2.75) is 17.5 Å². The van der Waals surface area contributed by atoms with E-state index in [0.717, 1.165) is 29.8 Å². The molecule has 7 nitrogen and oxygen atoms in total. The number of nitrogens with one attached hydrogen (secondary N) is 2. The van der Waals surface area contributed by atoms with Gasteiger partial charge in [0, 0.05) is 24.2 Å². The first-order chi connectivity index (χ1) is 14.1. The van der Waals surface area contributed by atoms with E-state index in [1.54, 1.807) is 5.32 Å². The summed E-state index contributed by atoms with van der Waals surface area (Å²) in [7, 11) is -3.89. The zero-order valence-electron chi connectivity index (χ0n) is 15.3. The van der Waals surface area contributed by atoms with E-state index in [4.69, 9.17) is 4.42 Å². The number of alkyl halides is 3. The van der Waals surface area contributed by atoms with Crippen LogP contribution < -0.4 is 10.0 Å². The molecule has 0 aliphatic rings. The topological polar surface area (TPSA) is 101 Å². The zero-order chi connectivity index (χ0) is 21.8. The van der Waals surface area contributed by atoms with Crippen molar-refractivity contribution in [3.05, 3.63) is 66.6 Å². The van der Waals surface area contributed by atoms with Crippen molar-refractivity contribution in [3.63, 3.8) is 0 Å². The molecule has 0 aliphatic carbocycles. The maximum atomic E-state index is 12.3. The first kappa shape index (κ1) is 21.5. The molecule has 1 heterocycles. The summed E-state index contributed by atoms with van der Waals surface area (Å²) in [6.07, 6.45) is -3.32. The van der Waals surface area contributed by atoms with Gasteiger partial charge in [0.1, 0.15) is 6.26 Å². The Balaban J connectivity index is 1.57. The molecule has 0 spiro atoms. The highest BCUT2D eigenvalue weighted by atomic mass is 32.2. The van der Waals surface area contributed by atoms with Crippen LogP contribution in [0.1, 0.15) is 5.69 Å². The van der Waals surface area contributed by atoms with Crippen molar-refractivity contribution in [1.82, 2.24) is 9.71 Å². The average molecular weight is 439 g/mol. The minimum Gasteiger partial charge on any atom is -0.444 e. The Hall–Kier alpha value is -3.18. The van der Waals surface area contributed by atoms with Crippen LogP contribution in [0.2, 0.25) is 0 Å². The van der Waals surface area contributed by atoms with Crippen LogP contribution in [0.5, 0.6) is 0 Å². The minimum atomic E-state index is -5.03. The van der Waals surface area contributed by atoms with Crippen molar-refractivity contribution in [3.8, 4) is 11.5 Å². The molecule has 1 aromatic heterocycles. The molecule has 0 atom stereocenters. The SMILES string of the molecule is O=C(Nc1ccc(S(=O)(=O)NCCc2coc(-c3ccccc3)n2)cc1)C(F)(F)F. The van der Waals surface area contributed by atoms with Crippen molar-refractivity contribution in [2.75, 3.05) is 11.9 Å². The van der Waals surface area contributed by atoms with Gasteiger partial charge in [-0.05, 0) is 36.4 Å². The number of nitrogens with zero attached hydrogens (tertiary/aromatic N) is 1. The third-order valence-corrected chi connectivity index (χ3v) is 5.40. The van der Waals surface area contributed by atoms with E-state index in [1.807, 2.05) is 30.3 Å². The van der Waals surface area contributed by atoms with Crippen molar-refractivity contribution >= 4 is 21.6 Å². The fourth-order valence-electron chi connectivity index (χ4n) is 2.45. The van der Waals surface area contributed by atoms with E-state index in [1.165, 1.54) is 6.26 Å². The smallest absolute Gasteiger partial charge is 0.444 e. The largest absolute Gasteiger partial charge is 0.471 e. The monoisotopic (exact) mass is 439 g/mol. The molecule has 1 amide bonds. The molecule has 11 heteroatoms. The number of amides is 1. The van der Waals surface area contributed by atoms with Crippen molar-refractivity contribution < 1.29 is 30.8 Å². The molecule has 0 radical (unpaired) electrons. The van der Waals surface area contributed by atoms with Gasteiger partial charge < -0.3 is 9.73 Å². The number of rotatable bonds is 7. The standard InChI is InChI=1S/C19H16F3N3O4S/c20-19(21,22)18(26)25-14-6-8-16(9-7-14)30(27,28)23-11-10-15-12-29-17(24-15)13-4-2-1-3-5-13/h1-9,12,23H,10-11H2,(H,25,26). The zero-order valence-corrected chi connectivity index (χ0v) is 16.1. The van der Waals surface area contributed by atoms with E-state index in [9.17, 15) is 26.4 Å². The Bertz CT molecular complexity index is 1110. The summed E-state index contributed by atoms with van der Waals surface area (Å²) >= 11 is 0. The molecule has 2 aromatic carbocycles. The predicted molar refractivity (Wildman–Crippen MR) is 102 cm³/mol. The molecule has 0 saturated heterocycles. The highest BCUT2D eigenvalue weighted by Crippen LogP contribution is 2.20. The Morgan fingerprint density at radius 1 is 1.03 bits per heavy atom. The number of benzene rings is 2. The average Bonchev–Trinajstić information content (AvgIpc) is 3.17. The fraction of sp³-hybridized carbons (Fsp3) is 0.158. The summed E-state index contributed by atoms with van der Waals surface area (Å²) in [6, 6.07) is 13.5. The van der Waals surface area contributed by atoms with Crippen molar-refractivity contribution in [2.24, 2.45) is 0 Å². The Morgan fingerprint density at radius 2 is 1.70 bits per heavy atom. The normalized spacial score (nSPS) is 12.0. The van der Waals surface area contributed by atoms with Crippen LogP contribution >= 0.6 is 0 Å². The van der Waals surface area contributed by atoms with Crippen LogP contribution in [0.3, 0.4) is 0 Å². The summed E-state index contributed by atoms with van der Waals surface area (Å²) in [5.41, 5.74) is 1.18. The number of carbonyl (C=O) groups is 1. The predicted octanol–water partition coefficient (Wildman–Crippen LogP) is 3.36. The number of halogens is 3. The summed E-state index contributed by atoms with van der Waals surface area (Å²) in [6.45, 7) is 0.0374. The maximum absolute atomic E-state index is 12.3. The van der Waals surface area contributed by atoms with E-state index >= 15 is 0 Å². The quantitative estimate of drug-likeness (QED) is 0.588. The van der Waals surface area contributed by atoms with Gasteiger partial charge in [-0.1, -0.05) is 18.2 Å². The first-order valence-electron chi connectivity index (χ1n) is 8.63. The van der Waals surface area contributed by atoms with Crippen LogP contribution in [0, 0.1) is 0 Å². The molecule has 0 unspecified atom stereocenters. The Labute approximate surface area is 170 Å². The van der Waals surface area contributed by atoms with E-state index in [2.05, 4.69) is 9.71 Å². The summed E-state index contributed by atoms with van der Waals surface area (Å²) in [4.78, 5) is 15.0. The lowest BCUT2D eigenvalue weighted by atomic mass is 10.2. The molecule has 158 valence electrons. The van der Waals surface area contributed by atoms with Crippen LogP contribution in [-0.4, -0.2) is 32.0 Å². The van der Waals surface area contributed by atoms with Gasteiger partial charge in [0.2, 0.25) is 15.9 Å². The number of hydrogen-bond acceptors (Lipinski definition) is 5. The van der Waals surface area contributed by atoms with Gasteiger partial charge >= 0.3 is 12.1 Å². The third kappa shape index (κ3) is 5.45. The number of anilines is 1. The minimum absolute atomic E-state index is 0.0374. The van der Waals surface area contributed by atoms with Gasteiger partial charge in [-0.25, -0.2) is 18.1 Å². The maximum Gasteiger partial charge on any atom is 0.471 e. The molecule has 0 aliphatic heterocycles. The molecule has 2 N–H and O–H groups in total. The number of hydrogen-bond donors (Lipinski definition) is 2. The van der Waals surface area contributed by atoms with Crippen LogP contribution in [0.25, 0.3) is 11.5 Å². The molecule has 0 saturated carbocycles. The molecular formula is C19H16F3N3O4S. The van der Waals surface area contributed by atoms with Crippen LogP contribution in [-0.2, 0) is 21.2 Å². The van der Waals surface area contributed by atoms with Crippen LogP contribution in [0.15, 0.2) is 70.2 Å². The number of oxazole rings is 1. The number of aromatic nitrogens is 1. The first-order valence-corrected chi connectivity index (χ1v) is 10.1. The highest BCUT2D eigenvalue weighted by Gasteiger charge is 2.38. The Morgan fingerprint density at radius 3 is 2.33 bits per heavy atom. The lowest BCUT2D eigenvalue weighted by Gasteiger charge is -2.09. The summed E-state index contributed by atoms with van der Waals surface area (Å²) < 4.78 is 69.2. The van der Waals surface area contributed by atoms with Gasteiger partial charge in [0.05, 0.1) is 10.6 Å². The molecule has 3 aromatic rings. The third-order valence-electron chi connectivity index (χ3n) is 3.93. The van der Waals surface area contributed by atoms with E-state index < -0.39 is 22.1 Å². The lowest BCUT2D eigenvalue weighted by Crippen LogP contribution is -2.30. The number of sulfonamides is 1. The number of carbonyl (C=O) groups excluding carboxylic acids is 1. The second-order valence-corrected chi connectivity index (χ2v) is 7.90. The van der Waals surface area contributed by atoms with Crippen molar-refractivity contribution in [1.29, 1.82) is 0 Å². The molecular weight excluding hydrogens is 423 g/mol. The molecule has 30 heavy (non-hydrogen) atoms. The van der Waals surface area contributed by atoms with Gasteiger partial charge in [0.25, 0.3) is 0 Å². The van der Waals surface area contributed by atoms with E-state index in [-0.39, 0.29) is 23.5 Å². The van der Waals surface area contributed by atoms with Gasteiger partial charge in [-0.2, -0.15) is 13.2 Å². The molecule has 0 fully saturated rings. The highest BCUT2D eigenvalue weighted by molar-refractivity contribution is 7.89. The summed E-state index contributed by atoms with van der Waals surface area (Å²) in [5, 5.41) is 1.64. The van der Waals surface area contributed by atoms with Gasteiger partial charge in [-0.3, -0.25) is 4.79 Å². The second kappa shape index (κ2) is 8.67. The lowest BCUT2D eigenvalue weighted by molar-refractivity contribution is -0.167. The van der Waals surface area contributed by atoms with E-state index in [0.29, 0.717) is 11.6 Å². The van der Waals surface area contributed by atoms with Crippen LogP contribution in [0.4, 0.5) is 18.9 Å². The van der Waals surface area contributed by atoms with Gasteiger partial charge in [-0.15, -0.1) is 0 Å². The molecule has 0 bridgehead atoms.